The molecule has 1 fully saturated rings. The summed E-state index contributed by atoms with van der Waals surface area (Å²) >= 11 is 0. The van der Waals surface area contributed by atoms with Crippen molar-refractivity contribution in [2.45, 2.75) is 25.4 Å². The van der Waals surface area contributed by atoms with Gasteiger partial charge in [-0.2, -0.15) is 0 Å². The maximum absolute atomic E-state index is 13.0. The molecule has 2 heterocycles. The lowest BCUT2D eigenvalue weighted by atomic mass is 9.92. The number of oxime groups is 1. The van der Waals surface area contributed by atoms with Crippen LogP contribution < -0.4 is 4.90 Å². The molecule has 0 saturated carbocycles. The van der Waals surface area contributed by atoms with Crippen LogP contribution >= 0.6 is 0 Å². The number of nitro groups is 1. The van der Waals surface area contributed by atoms with Gasteiger partial charge in [-0.15, -0.1) is 0 Å². The van der Waals surface area contributed by atoms with Gasteiger partial charge in [0.1, 0.15) is 0 Å². The van der Waals surface area contributed by atoms with E-state index in [4.69, 9.17) is 4.84 Å². The molecule has 1 atom stereocenters. The number of carbonyl (C=O) groups is 2. The number of anilines is 1. The second-order valence-electron chi connectivity index (χ2n) is 6.65. The van der Waals surface area contributed by atoms with E-state index in [1.807, 2.05) is 19.1 Å². The number of rotatable bonds is 3. The Hall–Kier alpha value is -3.55. The Morgan fingerprint density at radius 1 is 1.07 bits per heavy atom. The lowest BCUT2D eigenvalue weighted by Gasteiger charge is -2.19. The first-order valence-corrected chi connectivity index (χ1v) is 8.34. The van der Waals surface area contributed by atoms with Crippen LogP contribution in [0.15, 0.2) is 53.7 Å². The number of non-ortho nitro benzene ring substituents is 1. The van der Waals surface area contributed by atoms with Crippen molar-refractivity contribution < 1.29 is 19.3 Å². The zero-order valence-electron chi connectivity index (χ0n) is 14.4. The SMILES string of the molecule is Cc1ccc(N2C(=O)C[C@@]3(CC(c4ccc([N+](=O)[O-])cc4)=NO3)C2=O)cc1. The molecule has 1 spiro atoms. The summed E-state index contributed by atoms with van der Waals surface area (Å²) in [5.74, 6) is -0.791. The minimum atomic E-state index is -1.35. The van der Waals surface area contributed by atoms with Crippen LogP contribution in [0.3, 0.4) is 0 Å². The van der Waals surface area contributed by atoms with Crippen molar-refractivity contribution >= 4 is 28.9 Å². The summed E-state index contributed by atoms with van der Waals surface area (Å²) in [7, 11) is 0. The highest BCUT2D eigenvalue weighted by Gasteiger charge is 2.58. The molecule has 0 radical (unpaired) electrons. The summed E-state index contributed by atoms with van der Waals surface area (Å²) in [5, 5.41) is 14.8. The molecule has 4 rings (SSSR count). The molecule has 0 unspecified atom stereocenters. The predicted molar refractivity (Wildman–Crippen MR) is 96.4 cm³/mol. The molecule has 0 N–H and O–H groups in total. The van der Waals surface area contributed by atoms with E-state index in [1.54, 1.807) is 24.3 Å². The van der Waals surface area contributed by atoms with E-state index in [-0.39, 0.29) is 24.4 Å². The third-order valence-electron chi connectivity index (χ3n) is 4.77. The van der Waals surface area contributed by atoms with Crippen LogP contribution in [0.5, 0.6) is 0 Å². The Morgan fingerprint density at radius 3 is 2.37 bits per heavy atom. The molecule has 0 bridgehead atoms. The van der Waals surface area contributed by atoms with E-state index in [9.17, 15) is 19.7 Å². The summed E-state index contributed by atoms with van der Waals surface area (Å²) in [4.78, 5) is 42.3. The first-order valence-electron chi connectivity index (χ1n) is 8.34. The van der Waals surface area contributed by atoms with Gasteiger partial charge in [0.2, 0.25) is 11.5 Å². The zero-order chi connectivity index (χ0) is 19.2. The molecule has 2 aromatic rings. The molecular formula is C19H15N3O5. The highest BCUT2D eigenvalue weighted by molar-refractivity contribution is 6.25. The average Bonchev–Trinajstić information content (AvgIpc) is 3.18. The second kappa shape index (κ2) is 6.01. The van der Waals surface area contributed by atoms with Gasteiger partial charge in [-0.25, -0.2) is 4.90 Å². The Kier molecular flexibility index (Phi) is 3.76. The third kappa shape index (κ3) is 2.75. The highest BCUT2D eigenvalue weighted by atomic mass is 16.7. The molecule has 8 nitrogen and oxygen atoms in total. The summed E-state index contributed by atoms with van der Waals surface area (Å²) in [5.41, 5.74) is 1.24. The van der Waals surface area contributed by atoms with Gasteiger partial charge in [-0.3, -0.25) is 19.7 Å². The molecule has 2 amide bonds. The van der Waals surface area contributed by atoms with E-state index in [0.29, 0.717) is 17.0 Å². The minimum absolute atomic E-state index is 0.0364. The van der Waals surface area contributed by atoms with Gasteiger partial charge in [0.15, 0.2) is 0 Å². The van der Waals surface area contributed by atoms with Crippen molar-refractivity contribution in [2.24, 2.45) is 5.16 Å². The number of amides is 2. The molecule has 2 aromatic carbocycles. The number of hydrogen-bond donors (Lipinski definition) is 0. The Bertz CT molecular complexity index is 981. The predicted octanol–water partition coefficient (Wildman–Crippen LogP) is 2.73. The zero-order valence-corrected chi connectivity index (χ0v) is 14.4. The molecule has 136 valence electrons. The lowest BCUT2D eigenvalue weighted by molar-refractivity contribution is -0.384. The van der Waals surface area contributed by atoms with E-state index >= 15 is 0 Å². The average molecular weight is 365 g/mol. The van der Waals surface area contributed by atoms with Crippen LogP contribution in [-0.4, -0.2) is 28.1 Å². The Labute approximate surface area is 154 Å². The molecule has 2 aliphatic rings. The summed E-state index contributed by atoms with van der Waals surface area (Å²) in [6.07, 6.45) is 0.0391. The smallest absolute Gasteiger partial charge is 0.281 e. The van der Waals surface area contributed by atoms with Crippen LogP contribution in [-0.2, 0) is 14.4 Å². The summed E-state index contributed by atoms with van der Waals surface area (Å²) < 4.78 is 0. The second-order valence-corrected chi connectivity index (χ2v) is 6.65. The Morgan fingerprint density at radius 2 is 1.74 bits per heavy atom. The highest BCUT2D eigenvalue weighted by Crippen LogP contribution is 2.39. The number of aryl methyl sites for hydroxylation is 1. The van der Waals surface area contributed by atoms with Crippen molar-refractivity contribution in [2.75, 3.05) is 4.90 Å². The monoisotopic (exact) mass is 365 g/mol. The fraction of sp³-hybridized carbons (Fsp3) is 0.211. The summed E-state index contributed by atoms with van der Waals surface area (Å²) in [6, 6.07) is 12.9. The number of hydrogen-bond acceptors (Lipinski definition) is 6. The van der Waals surface area contributed by atoms with Gasteiger partial charge in [-0.1, -0.05) is 22.9 Å². The topological polar surface area (TPSA) is 102 Å². The number of imide groups is 1. The van der Waals surface area contributed by atoms with Crippen LogP contribution in [0.4, 0.5) is 11.4 Å². The van der Waals surface area contributed by atoms with E-state index in [1.165, 1.54) is 12.1 Å². The summed E-state index contributed by atoms with van der Waals surface area (Å²) in [6.45, 7) is 1.92. The fourth-order valence-electron chi connectivity index (χ4n) is 3.29. The van der Waals surface area contributed by atoms with E-state index < -0.39 is 16.4 Å². The van der Waals surface area contributed by atoms with Gasteiger partial charge in [0, 0.05) is 18.6 Å². The lowest BCUT2D eigenvalue weighted by Crippen LogP contribution is -2.40. The minimum Gasteiger partial charge on any atom is -0.378 e. The number of carbonyl (C=O) groups excluding carboxylic acids is 2. The van der Waals surface area contributed by atoms with Crippen LogP contribution in [0.2, 0.25) is 0 Å². The molecule has 0 aliphatic carbocycles. The van der Waals surface area contributed by atoms with Crippen molar-refractivity contribution in [3.05, 3.63) is 69.8 Å². The largest absolute Gasteiger partial charge is 0.378 e. The van der Waals surface area contributed by atoms with Gasteiger partial charge in [0.05, 0.1) is 22.7 Å². The third-order valence-corrected chi connectivity index (χ3v) is 4.77. The quantitative estimate of drug-likeness (QED) is 0.473. The van der Waals surface area contributed by atoms with Crippen LogP contribution in [0.25, 0.3) is 0 Å². The number of nitrogens with zero attached hydrogens (tertiary/aromatic N) is 3. The van der Waals surface area contributed by atoms with Crippen LogP contribution in [0, 0.1) is 17.0 Å². The van der Waals surface area contributed by atoms with Gasteiger partial charge >= 0.3 is 0 Å². The van der Waals surface area contributed by atoms with Crippen molar-refractivity contribution in [3.63, 3.8) is 0 Å². The standard InChI is InChI=1S/C19H15N3O5/c1-12-2-6-14(7-3-12)21-17(23)11-19(18(21)24)10-16(20-27-19)13-4-8-15(9-5-13)22(25)26/h2-9H,10-11H2,1H3/t19-/m0/s1. The fourth-order valence-corrected chi connectivity index (χ4v) is 3.29. The number of benzene rings is 2. The maximum atomic E-state index is 13.0. The normalized spacial score (nSPS) is 21.5. The van der Waals surface area contributed by atoms with Crippen molar-refractivity contribution in [1.82, 2.24) is 0 Å². The first-order chi connectivity index (χ1) is 12.9. The van der Waals surface area contributed by atoms with Gasteiger partial charge < -0.3 is 4.84 Å². The maximum Gasteiger partial charge on any atom is 0.281 e. The molecular weight excluding hydrogens is 350 g/mol. The molecule has 2 aliphatic heterocycles. The van der Waals surface area contributed by atoms with Crippen molar-refractivity contribution in [3.8, 4) is 0 Å². The van der Waals surface area contributed by atoms with Gasteiger partial charge in [0.25, 0.3) is 11.6 Å². The van der Waals surface area contributed by atoms with E-state index in [0.717, 1.165) is 10.5 Å². The van der Waals surface area contributed by atoms with E-state index in [2.05, 4.69) is 5.16 Å². The molecule has 8 heteroatoms. The Balaban J connectivity index is 1.57. The van der Waals surface area contributed by atoms with Crippen molar-refractivity contribution in [1.29, 1.82) is 0 Å². The van der Waals surface area contributed by atoms with Crippen LogP contribution in [0.1, 0.15) is 24.0 Å². The first kappa shape index (κ1) is 16.9. The number of nitro benzene ring substituents is 1. The molecule has 27 heavy (non-hydrogen) atoms. The van der Waals surface area contributed by atoms with Gasteiger partial charge in [-0.05, 0) is 36.8 Å². The molecule has 1 saturated heterocycles. The molecule has 0 aromatic heterocycles.